The summed E-state index contributed by atoms with van der Waals surface area (Å²) in [4.78, 5) is 4.40. The van der Waals surface area contributed by atoms with Crippen LogP contribution in [0.25, 0.3) is 0 Å². The summed E-state index contributed by atoms with van der Waals surface area (Å²) in [7, 11) is 0. The molecule has 116 valence electrons. The van der Waals surface area contributed by atoms with Crippen LogP contribution >= 0.6 is 0 Å². The zero-order valence-corrected chi connectivity index (χ0v) is 12.9. The summed E-state index contributed by atoms with van der Waals surface area (Å²) in [5, 5.41) is 18.2. The average molecular weight is 275 g/mol. The van der Waals surface area contributed by atoms with Crippen molar-refractivity contribution in [3.8, 4) is 0 Å². The molecule has 0 fully saturated rings. The molecule has 0 radical (unpaired) electrons. The van der Waals surface area contributed by atoms with Gasteiger partial charge in [0.2, 0.25) is 0 Å². The van der Waals surface area contributed by atoms with Crippen molar-refractivity contribution in [2.75, 3.05) is 45.9 Å². The first kappa shape index (κ1) is 18.8. The molecule has 5 heteroatoms. The van der Waals surface area contributed by atoms with E-state index in [1.807, 2.05) is 4.90 Å². The van der Waals surface area contributed by atoms with Crippen molar-refractivity contribution in [1.82, 2.24) is 9.80 Å². The molecule has 1 atom stereocenters. The molecule has 0 spiro atoms. The average Bonchev–Trinajstić information content (AvgIpc) is 2.43. The van der Waals surface area contributed by atoms with Gasteiger partial charge in [-0.25, -0.2) is 0 Å². The molecule has 0 bridgehead atoms. The predicted octanol–water partition coefficient (Wildman–Crippen LogP) is 0.460. The van der Waals surface area contributed by atoms with E-state index in [-0.39, 0.29) is 13.2 Å². The minimum atomic E-state index is -0.418. The molecule has 19 heavy (non-hydrogen) atoms. The van der Waals surface area contributed by atoms with Gasteiger partial charge in [-0.1, -0.05) is 20.8 Å². The molecule has 0 aliphatic carbocycles. The van der Waals surface area contributed by atoms with Gasteiger partial charge in [0, 0.05) is 13.1 Å². The Morgan fingerprint density at radius 2 is 1.47 bits per heavy atom. The molecule has 0 amide bonds. The van der Waals surface area contributed by atoms with E-state index < -0.39 is 5.66 Å². The summed E-state index contributed by atoms with van der Waals surface area (Å²) in [6, 6.07) is 0. The van der Waals surface area contributed by atoms with E-state index in [4.69, 9.17) is 15.9 Å². The summed E-state index contributed by atoms with van der Waals surface area (Å²) in [5.41, 5.74) is 6.05. The Hall–Kier alpha value is -0.200. The Morgan fingerprint density at radius 3 is 1.84 bits per heavy atom. The van der Waals surface area contributed by atoms with E-state index in [0.29, 0.717) is 13.1 Å². The fraction of sp³-hybridized carbons (Fsp3) is 1.00. The van der Waals surface area contributed by atoms with Gasteiger partial charge in [0.15, 0.2) is 0 Å². The smallest absolute Gasteiger partial charge is 0.0686 e. The van der Waals surface area contributed by atoms with E-state index >= 15 is 0 Å². The summed E-state index contributed by atoms with van der Waals surface area (Å²) < 4.78 is 0. The zero-order valence-electron chi connectivity index (χ0n) is 12.9. The summed E-state index contributed by atoms with van der Waals surface area (Å²) in [5.74, 6) is 0. The van der Waals surface area contributed by atoms with Crippen LogP contribution in [-0.2, 0) is 0 Å². The second-order valence-corrected chi connectivity index (χ2v) is 5.02. The molecule has 0 aromatic carbocycles. The molecule has 0 aromatic heterocycles. The standard InChI is InChI=1S/C14H33N3O2/c1-4-14(15,17(10-12-18)11-13-19)8-7-9-16(5-2)6-3/h18-19H,4-13,15H2,1-3H3. The fourth-order valence-electron chi connectivity index (χ4n) is 2.51. The molecule has 0 heterocycles. The van der Waals surface area contributed by atoms with Gasteiger partial charge in [-0.3, -0.25) is 4.90 Å². The van der Waals surface area contributed by atoms with E-state index in [9.17, 15) is 0 Å². The van der Waals surface area contributed by atoms with Crippen LogP contribution in [0.15, 0.2) is 0 Å². The van der Waals surface area contributed by atoms with E-state index in [1.54, 1.807) is 0 Å². The van der Waals surface area contributed by atoms with Crippen LogP contribution in [0.4, 0.5) is 0 Å². The first-order valence-corrected chi connectivity index (χ1v) is 7.55. The molecule has 1 unspecified atom stereocenters. The lowest BCUT2D eigenvalue weighted by Gasteiger charge is -2.40. The number of hydrogen-bond acceptors (Lipinski definition) is 5. The van der Waals surface area contributed by atoms with Gasteiger partial charge >= 0.3 is 0 Å². The molecule has 0 aromatic rings. The SMILES string of the molecule is CCN(CC)CCCC(N)(CC)N(CCO)CCO. The maximum absolute atomic E-state index is 9.12. The topological polar surface area (TPSA) is 73.0 Å². The maximum atomic E-state index is 9.12. The number of aliphatic hydroxyl groups excluding tert-OH is 2. The highest BCUT2D eigenvalue weighted by Gasteiger charge is 2.29. The first-order valence-electron chi connectivity index (χ1n) is 7.55. The van der Waals surface area contributed by atoms with Crippen molar-refractivity contribution in [3.63, 3.8) is 0 Å². The lowest BCUT2D eigenvalue weighted by atomic mass is 9.98. The summed E-state index contributed by atoms with van der Waals surface area (Å²) in [6.45, 7) is 10.8. The van der Waals surface area contributed by atoms with Crippen LogP contribution < -0.4 is 5.73 Å². The highest BCUT2D eigenvalue weighted by atomic mass is 16.3. The molecule has 0 aliphatic heterocycles. The summed E-state index contributed by atoms with van der Waals surface area (Å²) in [6.07, 6.45) is 2.75. The highest BCUT2D eigenvalue weighted by Crippen LogP contribution is 2.19. The molecule has 0 rings (SSSR count). The van der Waals surface area contributed by atoms with Gasteiger partial charge in [-0.2, -0.15) is 0 Å². The Kier molecular flexibility index (Phi) is 10.5. The van der Waals surface area contributed by atoms with Gasteiger partial charge in [-0.15, -0.1) is 0 Å². The van der Waals surface area contributed by atoms with E-state index in [1.165, 1.54) is 0 Å². The van der Waals surface area contributed by atoms with Gasteiger partial charge in [0.05, 0.1) is 18.9 Å². The lowest BCUT2D eigenvalue weighted by Crippen LogP contribution is -2.57. The summed E-state index contributed by atoms with van der Waals surface area (Å²) >= 11 is 0. The van der Waals surface area contributed by atoms with Crippen LogP contribution in [0.2, 0.25) is 0 Å². The molecule has 0 saturated heterocycles. The number of aliphatic hydroxyl groups is 2. The van der Waals surface area contributed by atoms with Gasteiger partial charge < -0.3 is 20.8 Å². The third kappa shape index (κ3) is 6.68. The number of hydrogen-bond donors (Lipinski definition) is 3. The van der Waals surface area contributed by atoms with E-state index in [2.05, 4.69) is 25.7 Å². The number of nitrogens with zero attached hydrogens (tertiary/aromatic N) is 2. The molecule has 0 aliphatic rings. The molecule has 0 saturated carbocycles. The second-order valence-electron chi connectivity index (χ2n) is 5.02. The minimum absolute atomic E-state index is 0.0784. The van der Waals surface area contributed by atoms with Crippen molar-refractivity contribution in [3.05, 3.63) is 0 Å². The fourth-order valence-corrected chi connectivity index (χ4v) is 2.51. The molecule has 4 N–H and O–H groups in total. The lowest BCUT2D eigenvalue weighted by molar-refractivity contribution is 0.0405. The largest absolute Gasteiger partial charge is 0.395 e. The molecular weight excluding hydrogens is 242 g/mol. The van der Waals surface area contributed by atoms with Crippen molar-refractivity contribution >= 4 is 0 Å². The Bertz CT molecular complexity index is 207. The van der Waals surface area contributed by atoms with Crippen LogP contribution in [0.3, 0.4) is 0 Å². The minimum Gasteiger partial charge on any atom is -0.395 e. The second kappa shape index (κ2) is 10.6. The quantitative estimate of drug-likeness (QED) is 0.451. The van der Waals surface area contributed by atoms with E-state index in [0.717, 1.165) is 38.9 Å². The Balaban J connectivity index is 4.39. The number of nitrogens with two attached hydrogens (primary N) is 1. The third-order valence-electron chi connectivity index (χ3n) is 3.96. The Labute approximate surface area is 118 Å². The van der Waals surface area contributed by atoms with Crippen LogP contribution in [0.1, 0.15) is 40.0 Å². The maximum Gasteiger partial charge on any atom is 0.0686 e. The zero-order chi connectivity index (χ0) is 14.7. The molecular formula is C14H33N3O2. The van der Waals surface area contributed by atoms with Gasteiger partial charge in [0.1, 0.15) is 0 Å². The van der Waals surface area contributed by atoms with Crippen LogP contribution in [0, 0.1) is 0 Å². The normalized spacial score (nSPS) is 15.2. The Morgan fingerprint density at radius 1 is 0.947 bits per heavy atom. The van der Waals surface area contributed by atoms with Crippen molar-refractivity contribution in [2.45, 2.75) is 45.7 Å². The van der Waals surface area contributed by atoms with Crippen LogP contribution in [0.5, 0.6) is 0 Å². The first-order chi connectivity index (χ1) is 9.07. The molecule has 5 nitrogen and oxygen atoms in total. The van der Waals surface area contributed by atoms with Gasteiger partial charge in [0.25, 0.3) is 0 Å². The predicted molar refractivity (Wildman–Crippen MR) is 80.0 cm³/mol. The van der Waals surface area contributed by atoms with Crippen molar-refractivity contribution in [2.24, 2.45) is 5.73 Å². The number of rotatable bonds is 12. The third-order valence-corrected chi connectivity index (χ3v) is 3.96. The monoisotopic (exact) mass is 275 g/mol. The highest BCUT2D eigenvalue weighted by molar-refractivity contribution is 4.83. The van der Waals surface area contributed by atoms with Gasteiger partial charge in [-0.05, 0) is 38.9 Å². The van der Waals surface area contributed by atoms with Crippen LogP contribution in [-0.4, -0.2) is 71.6 Å². The van der Waals surface area contributed by atoms with Crippen molar-refractivity contribution < 1.29 is 10.2 Å². The van der Waals surface area contributed by atoms with Crippen molar-refractivity contribution in [1.29, 1.82) is 0 Å².